The number of sulfone groups is 1. The Morgan fingerprint density at radius 3 is 2.89 bits per heavy atom. The van der Waals surface area contributed by atoms with Gasteiger partial charge in [-0.05, 0) is 18.1 Å². The van der Waals surface area contributed by atoms with E-state index in [0.29, 0.717) is 13.0 Å². The van der Waals surface area contributed by atoms with Crippen LogP contribution in [0.1, 0.15) is 23.7 Å². The van der Waals surface area contributed by atoms with Gasteiger partial charge in [0, 0.05) is 19.5 Å². The number of imidazole rings is 1. The third kappa shape index (κ3) is 2.04. The monoisotopic (exact) mass is 279 g/mol. The summed E-state index contributed by atoms with van der Waals surface area (Å²) in [6.07, 6.45) is 0.664. The maximum absolute atomic E-state index is 11.6. The van der Waals surface area contributed by atoms with Crippen molar-refractivity contribution in [3.05, 3.63) is 29.6 Å². The van der Waals surface area contributed by atoms with Gasteiger partial charge in [0.05, 0.1) is 22.5 Å². The van der Waals surface area contributed by atoms with Crippen LogP contribution >= 0.6 is 0 Å². The molecule has 0 spiro atoms. The number of hydrogen-bond donors (Lipinski definition) is 1. The van der Waals surface area contributed by atoms with Gasteiger partial charge >= 0.3 is 0 Å². The molecule has 2 N–H and O–H groups in total. The van der Waals surface area contributed by atoms with Crippen molar-refractivity contribution in [2.75, 3.05) is 11.5 Å². The van der Waals surface area contributed by atoms with Crippen LogP contribution in [-0.2, 0) is 23.4 Å². The molecule has 1 aromatic carbocycles. The Morgan fingerprint density at radius 1 is 1.47 bits per heavy atom. The molecule has 1 fully saturated rings. The summed E-state index contributed by atoms with van der Waals surface area (Å²) in [5, 5.41) is 0. The fourth-order valence-electron chi connectivity index (χ4n) is 2.82. The van der Waals surface area contributed by atoms with E-state index in [1.807, 2.05) is 29.8 Å². The van der Waals surface area contributed by atoms with Crippen molar-refractivity contribution in [3.63, 3.8) is 0 Å². The Hall–Kier alpha value is -1.40. The van der Waals surface area contributed by atoms with E-state index >= 15 is 0 Å². The minimum atomic E-state index is -2.89. The van der Waals surface area contributed by atoms with Gasteiger partial charge in [0.25, 0.3) is 0 Å². The lowest BCUT2D eigenvalue weighted by molar-refractivity contribution is 0.600. The fraction of sp³-hybridized carbons (Fsp3) is 0.462. The van der Waals surface area contributed by atoms with Gasteiger partial charge < -0.3 is 10.3 Å². The summed E-state index contributed by atoms with van der Waals surface area (Å²) in [5.41, 5.74) is 8.64. The van der Waals surface area contributed by atoms with Gasteiger partial charge in [-0.25, -0.2) is 13.4 Å². The average molecular weight is 279 g/mol. The molecule has 0 aliphatic carbocycles. The molecule has 5 nitrogen and oxygen atoms in total. The quantitative estimate of drug-likeness (QED) is 0.887. The highest BCUT2D eigenvalue weighted by molar-refractivity contribution is 7.91. The van der Waals surface area contributed by atoms with Crippen LogP contribution in [0, 0.1) is 0 Å². The topological polar surface area (TPSA) is 78.0 Å². The van der Waals surface area contributed by atoms with Crippen molar-refractivity contribution in [2.45, 2.75) is 18.9 Å². The first-order chi connectivity index (χ1) is 9.02. The Kier molecular flexibility index (Phi) is 2.87. The Bertz CT molecular complexity index is 734. The van der Waals surface area contributed by atoms with E-state index < -0.39 is 9.84 Å². The molecule has 0 bridgehead atoms. The van der Waals surface area contributed by atoms with Crippen molar-refractivity contribution < 1.29 is 8.42 Å². The van der Waals surface area contributed by atoms with Gasteiger partial charge in [-0.2, -0.15) is 0 Å². The summed E-state index contributed by atoms with van der Waals surface area (Å²) in [6.45, 7) is 0.441. The highest BCUT2D eigenvalue weighted by Gasteiger charge is 2.32. The molecule has 1 unspecified atom stereocenters. The van der Waals surface area contributed by atoms with E-state index in [1.165, 1.54) is 0 Å². The van der Waals surface area contributed by atoms with E-state index in [9.17, 15) is 8.42 Å². The molecular weight excluding hydrogens is 262 g/mol. The van der Waals surface area contributed by atoms with Crippen molar-refractivity contribution in [3.8, 4) is 0 Å². The third-order valence-corrected chi connectivity index (χ3v) is 5.62. The molecule has 6 heteroatoms. The molecule has 2 aromatic rings. The van der Waals surface area contributed by atoms with Gasteiger partial charge in [0.1, 0.15) is 5.82 Å². The molecule has 1 saturated heterocycles. The zero-order chi connectivity index (χ0) is 13.6. The maximum Gasteiger partial charge on any atom is 0.151 e. The highest BCUT2D eigenvalue weighted by Crippen LogP contribution is 2.30. The summed E-state index contributed by atoms with van der Waals surface area (Å²) >= 11 is 0. The molecule has 1 aromatic heterocycles. The zero-order valence-electron chi connectivity index (χ0n) is 10.8. The normalized spacial score (nSPS) is 22.1. The highest BCUT2D eigenvalue weighted by atomic mass is 32.2. The SMILES string of the molecule is Cn1c(C2CCS(=O)(=O)C2)nc2c(CN)cccc21. The number of aryl methyl sites for hydroxylation is 1. The molecule has 3 rings (SSSR count). The number of nitrogens with two attached hydrogens (primary N) is 1. The van der Waals surface area contributed by atoms with E-state index in [-0.39, 0.29) is 17.4 Å². The summed E-state index contributed by atoms with van der Waals surface area (Å²) in [4.78, 5) is 4.65. The Labute approximate surface area is 112 Å². The van der Waals surface area contributed by atoms with Gasteiger partial charge in [-0.1, -0.05) is 12.1 Å². The van der Waals surface area contributed by atoms with Crippen LogP contribution in [0.3, 0.4) is 0 Å². The summed E-state index contributed by atoms with van der Waals surface area (Å²) in [6, 6.07) is 5.92. The number of fused-ring (bicyclic) bond motifs is 1. The van der Waals surface area contributed by atoms with Crippen LogP contribution in [0.5, 0.6) is 0 Å². The van der Waals surface area contributed by atoms with Gasteiger partial charge in [-0.3, -0.25) is 0 Å². The summed E-state index contributed by atoms with van der Waals surface area (Å²) in [7, 11) is -0.951. The molecule has 1 aliphatic rings. The molecule has 102 valence electrons. The average Bonchev–Trinajstić information content (AvgIpc) is 2.90. The first kappa shape index (κ1) is 12.6. The van der Waals surface area contributed by atoms with Gasteiger partial charge in [-0.15, -0.1) is 0 Å². The summed E-state index contributed by atoms with van der Waals surface area (Å²) in [5.74, 6) is 1.34. The first-order valence-electron chi connectivity index (χ1n) is 6.36. The second-order valence-corrected chi connectivity index (χ2v) is 7.35. The predicted molar refractivity (Wildman–Crippen MR) is 74.6 cm³/mol. The largest absolute Gasteiger partial charge is 0.331 e. The van der Waals surface area contributed by atoms with Crippen molar-refractivity contribution in [1.82, 2.24) is 9.55 Å². The zero-order valence-corrected chi connectivity index (χ0v) is 11.7. The number of para-hydroxylation sites is 1. The number of benzene rings is 1. The molecule has 0 saturated carbocycles. The molecule has 1 atom stereocenters. The molecule has 2 heterocycles. The molecule has 0 radical (unpaired) electrons. The van der Waals surface area contributed by atoms with E-state index in [1.54, 1.807) is 0 Å². The standard InChI is InChI=1S/C13H17N3O2S/c1-16-11-4-2-3-9(7-14)12(11)15-13(16)10-5-6-19(17,18)8-10/h2-4,10H,5-8,14H2,1H3. The second-order valence-electron chi connectivity index (χ2n) is 5.12. The van der Waals surface area contributed by atoms with Crippen LogP contribution in [0.4, 0.5) is 0 Å². The minimum absolute atomic E-state index is 0.00743. The fourth-order valence-corrected chi connectivity index (χ4v) is 4.56. The van der Waals surface area contributed by atoms with Crippen molar-refractivity contribution in [2.24, 2.45) is 12.8 Å². The molecular formula is C13H17N3O2S. The lowest BCUT2D eigenvalue weighted by Crippen LogP contribution is -2.08. The Morgan fingerprint density at radius 2 is 2.26 bits per heavy atom. The number of aromatic nitrogens is 2. The minimum Gasteiger partial charge on any atom is -0.331 e. The van der Waals surface area contributed by atoms with Crippen molar-refractivity contribution >= 4 is 20.9 Å². The summed E-state index contributed by atoms with van der Waals surface area (Å²) < 4.78 is 25.2. The van der Waals surface area contributed by atoms with Crippen LogP contribution in [0.15, 0.2) is 18.2 Å². The lowest BCUT2D eigenvalue weighted by atomic mass is 10.1. The first-order valence-corrected chi connectivity index (χ1v) is 8.18. The third-order valence-electron chi connectivity index (χ3n) is 3.85. The second kappa shape index (κ2) is 4.31. The Balaban J connectivity index is 2.13. The van der Waals surface area contributed by atoms with Crippen molar-refractivity contribution in [1.29, 1.82) is 0 Å². The number of nitrogens with zero attached hydrogens (tertiary/aromatic N) is 2. The van der Waals surface area contributed by atoms with E-state index in [2.05, 4.69) is 4.98 Å². The lowest BCUT2D eigenvalue weighted by Gasteiger charge is -2.07. The van der Waals surface area contributed by atoms with Gasteiger partial charge in [0.15, 0.2) is 9.84 Å². The number of hydrogen-bond acceptors (Lipinski definition) is 4. The molecule has 0 amide bonds. The number of rotatable bonds is 2. The predicted octanol–water partition coefficient (Wildman–Crippen LogP) is 0.934. The molecule has 19 heavy (non-hydrogen) atoms. The van der Waals surface area contributed by atoms with Crippen LogP contribution in [0.2, 0.25) is 0 Å². The van der Waals surface area contributed by atoms with Crippen LogP contribution in [0.25, 0.3) is 11.0 Å². The van der Waals surface area contributed by atoms with Crippen LogP contribution < -0.4 is 5.73 Å². The van der Waals surface area contributed by atoms with E-state index in [0.717, 1.165) is 22.4 Å². The smallest absolute Gasteiger partial charge is 0.151 e. The van der Waals surface area contributed by atoms with E-state index in [4.69, 9.17) is 5.73 Å². The van der Waals surface area contributed by atoms with Crippen LogP contribution in [-0.4, -0.2) is 29.5 Å². The van der Waals surface area contributed by atoms with Gasteiger partial charge in [0.2, 0.25) is 0 Å². The molecule has 1 aliphatic heterocycles. The maximum atomic E-state index is 11.6.